The predicted molar refractivity (Wildman–Crippen MR) is 97.1 cm³/mol. The number of urea groups is 1. The molecule has 1 saturated heterocycles. The zero-order valence-corrected chi connectivity index (χ0v) is 14.3. The van der Waals surface area contributed by atoms with E-state index in [1.54, 1.807) is 21.9 Å². The molecule has 1 aliphatic heterocycles. The molecule has 2 aromatic carbocycles. The van der Waals surface area contributed by atoms with E-state index < -0.39 is 0 Å². The Hall–Kier alpha value is -2.62. The molecule has 0 spiro atoms. The molecule has 0 N–H and O–H groups in total. The Labute approximate surface area is 142 Å². The number of carbonyl (C=O) groups is 2. The monoisotopic (exact) mass is 322 g/mol. The van der Waals surface area contributed by atoms with Gasteiger partial charge in [0.2, 0.25) is 0 Å². The Morgan fingerprint density at radius 1 is 0.833 bits per heavy atom. The molecule has 0 aliphatic carbocycles. The van der Waals surface area contributed by atoms with Gasteiger partial charge in [-0.15, -0.1) is 0 Å². The number of hydrogen-bond acceptors (Lipinski definition) is 2. The van der Waals surface area contributed by atoms with Crippen molar-refractivity contribution in [3.05, 3.63) is 59.7 Å². The fraction of sp³-hybridized carbons (Fsp3) is 0.300. The summed E-state index contributed by atoms with van der Waals surface area (Å²) in [4.78, 5) is 27.0. The molecule has 2 aromatic rings. The SMILES string of the molecule is CC(C)(C)c1ccc(N2CCN(c3ccc(C=O)cc3)C2=O)cc1. The number of carbonyl (C=O) groups excluding carboxylic acids is 2. The Morgan fingerprint density at radius 3 is 1.71 bits per heavy atom. The maximum absolute atomic E-state index is 12.7. The highest BCUT2D eigenvalue weighted by molar-refractivity contribution is 6.06. The van der Waals surface area contributed by atoms with E-state index in [0.717, 1.165) is 17.7 Å². The van der Waals surface area contributed by atoms with Crippen molar-refractivity contribution in [1.82, 2.24) is 0 Å². The van der Waals surface area contributed by atoms with Gasteiger partial charge in [-0.3, -0.25) is 14.6 Å². The van der Waals surface area contributed by atoms with Crippen LogP contribution in [-0.4, -0.2) is 25.4 Å². The third kappa shape index (κ3) is 3.04. The molecule has 0 saturated carbocycles. The highest BCUT2D eigenvalue weighted by atomic mass is 16.2. The fourth-order valence-electron chi connectivity index (χ4n) is 2.89. The highest BCUT2D eigenvalue weighted by Crippen LogP contribution is 2.28. The van der Waals surface area contributed by atoms with Crippen LogP contribution >= 0.6 is 0 Å². The first-order valence-corrected chi connectivity index (χ1v) is 8.15. The summed E-state index contributed by atoms with van der Waals surface area (Å²) in [5.74, 6) is 0. The van der Waals surface area contributed by atoms with Crippen LogP contribution in [0, 0.1) is 0 Å². The van der Waals surface area contributed by atoms with Gasteiger partial charge in [-0.25, -0.2) is 4.79 Å². The molecule has 0 atom stereocenters. The van der Waals surface area contributed by atoms with Crippen molar-refractivity contribution in [3.63, 3.8) is 0 Å². The molecule has 0 unspecified atom stereocenters. The van der Waals surface area contributed by atoms with Gasteiger partial charge in [0.05, 0.1) is 0 Å². The van der Waals surface area contributed by atoms with Crippen LogP contribution in [0.15, 0.2) is 48.5 Å². The molecular formula is C20H22N2O2. The molecule has 1 heterocycles. The van der Waals surface area contributed by atoms with Crippen molar-refractivity contribution in [1.29, 1.82) is 0 Å². The van der Waals surface area contributed by atoms with E-state index >= 15 is 0 Å². The van der Waals surface area contributed by atoms with Crippen molar-refractivity contribution in [2.45, 2.75) is 26.2 Å². The molecule has 2 amide bonds. The molecule has 1 aliphatic rings. The molecule has 0 bridgehead atoms. The Bertz CT molecular complexity index is 743. The second-order valence-corrected chi connectivity index (χ2v) is 7.09. The molecule has 4 nitrogen and oxygen atoms in total. The first-order chi connectivity index (χ1) is 11.4. The van der Waals surface area contributed by atoms with Gasteiger partial charge in [-0.2, -0.15) is 0 Å². The first kappa shape index (κ1) is 16.2. The summed E-state index contributed by atoms with van der Waals surface area (Å²) in [5, 5.41) is 0. The van der Waals surface area contributed by atoms with Gasteiger partial charge >= 0.3 is 6.03 Å². The maximum atomic E-state index is 12.7. The third-order valence-electron chi connectivity index (χ3n) is 4.39. The lowest BCUT2D eigenvalue weighted by atomic mass is 9.87. The van der Waals surface area contributed by atoms with E-state index in [1.807, 2.05) is 24.3 Å². The minimum atomic E-state index is -0.0302. The van der Waals surface area contributed by atoms with Gasteiger partial charge in [0.1, 0.15) is 6.29 Å². The van der Waals surface area contributed by atoms with Crippen LogP contribution in [0.25, 0.3) is 0 Å². The van der Waals surface area contributed by atoms with Gasteiger partial charge < -0.3 is 0 Å². The zero-order valence-electron chi connectivity index (χ0n) is 14.3. The molecule has 124 valence electrons. The number of anilines is 2. The fourth-order valence-corrected chi connectivity index (χ4v) is 2.89. The standard InChI is InChI=1S/C20H22N2O2/c1-20(2,3)16-6-10-18(11-7-16)22-13-12-21(19(22)24)17-8-4-15(14-23)5-9-17/h4-11,14H,12-13H2,1-3H3. The van der Waals surface area contributed by atoms with E-state index in [0.29, 0.717) is 18.7 Å². The molecule has 24 heavy (non-hydrogen) atoms. The second-order valence-electron chi connectivity index (χ2n) is 7.09. The van der Waals surface area contributed by atoms with Gasteiger partial charge in [0.25, 0.3) is 0 Å². The first-order valence-electron chi connectivity index (χ1n) is 8.15. The van der Waals surface area contributed by atoms with Gasteiger partial charge in [0.15, 0.2) is 0 Å². The number of aldehydes is 1. The van der Waals surface area contributed by atoms with Crippen molar-refractivity contribution >= 4 is 23.7 Å². The summed E-state index contributed by atoms with van der Waals surface area (Å²) < 4.78 is 0. The molecule has 1 fully saturated rings. The number of nitrogens with zero attached hydrogens (tertiary/aromatic N) is 2. The lowest BCUT2D eigenvalue weighted by molar-refractivity contribution is 0.112. The van der Waals surface area contributed by atoms with E-state index in [-0.39, 0.29) is 11.4 Å². The minimum absolute atomic E-state index is 0.0302. The van der Waals surface area contributed by atoms with Crippen molar-refractivity contribution in [2.24, 2.45) is 0 Å². The molecule has 0 radical (unpaired) electrons. The predicted octanol–water partition coefficient (Wildman–Crippen LogP) is 4.24. The maximum Gasteiger partial charge on any atom is 0.329 e. The Morgan fingerprint density at radius 2 is 1.29 bits per heavy atom. The number of rotatable bonds is 3. The van der Waals surface area contributed by atoms with Crippen molar-refractivity contribution in [2.75, 3.05) is 22.9 Å². The Balaban J connectivity index is 1.79. The summed E-state index contributed by atoms with van der Waals surface area (Å²) in [6.45, 7) is 7.82. The molecular weight excluding hydrogens is 300 g/mol. The van der Waals surface area contributed by atoms with Crippen LogP contribution < -0.4 is 9.80 Å². The average molecular weight is 322 g/mol. The Kier molecular flexibility index (Phi) is 4.14. The quantitative estimate of drug-likeness (QED) is 0.793. The van der Waals surface area contributed by atoms with Crippen LogP contribution in [0.4, 0.5) is 16.2 Å². The van der Waals surface area contributed by atoms with Gasteiger partial charge in [0, 0.05) is 30.0 Å². The summed E-state index contributed by atoms with van der Waals surface area (Å²) in [7, 11) is 0. The number of amides is 2. The van der Waals surface area contributed by atoms with Crippen LogP contribution in [-0.2, 0) is 5.41 Å². The third-order valence-corrected chi connectivity index (χ3v) is 4.39. The summed E-state index contributed by atoms with van der Waals surface area (Å²) in [5.41, 5.74) is 3.69. The summed E-state index contributed by atoms with van der Waals surface area (Å²) in [6, 6.07) is 15.3. The van der Waals surface area contributed by atoms with E-state index in [1.165, 1.54) is 5.56 Å². The minimum Gasteiger partial charge on any atom is -0.298 e. The van der Waals surface area contributed by atoms with Crippen LogP contribution in [0.1, 0.15) is 36.7 Å². The number of hydrogen-bond donors (Lipinski definition) is 0. The second kappa shape index (κ2) is 6.11. The highest BCUT2D eigenvalue weighted by Gasteiger charge is 2.30. The van der Waals surface area contributed by atoms with Gasteiger partial charge in [-0.05, 0) is 47.4 Å². The molecule has 0 aromatic heterocycles. The van der Waals surface area contributed by atoms with Crippen molar-refractivity contribution < 1.29 is 9.59 Å². The van der Waals surface area contributed by atoms with E-state index in [9.17, 15) is 9.59 Å². The number of benzene rings is 2. The van der Waals surface area contributed by atoms with Crippen LogP contribution in [0.2, 0.25) is 0 Å². The summed E-state index contributed by atoms with van der Waals surface area (Å²) in [6.07, 6.45) is 0.804. The van der Waals surface area contributed by atoms with Crippen molar-refractivity contribution in [3.8, 4) is 0 Å². The topological polar surface area (TPSA) is 40.6 Å². The largest absolute Gasteiger partial charge is 0.329 e. The van der Waals surface area contributed by atoms with Crippen LogP contribution in [0.3, 0.4) is 0 Å². The van der Waals surface area contributed by atoms with Crippen LogP contribution in [0.5, 0.6) is 0 Å². The summed E-state index contributed by atoms with van der Waals surface area (Å²) >= 11 is 0. The lowest BCUT2D eigenvalue weighted by Crippen LogP contribution is -2.31. The normalized spacial score (nSPS) is 15.0. The molecule has 3 rings (SSSR count). The molecule has 4 heteroatoms. The zero-order chi connectivity index (χ0) is 17.3. The smallest absolute Gasteiger partial charge is 0.298 e. The van der Waals surface area contributed by atoms with E-state index in [2.05, 4.69) is 32.9 Å². The van der Waals surface area contributed by atoms with E-state index in [4.69, 9.17) is 0 Å². The van der Waals surface area contributed by atoms with Gasteiger partial charge in [-0.1, -0.05) is 32.9 Å². The average Bonchev–Trinajstić information content (AvgIpc) is 2.96. The lowest BCUT2D eigenvalue weighted by Gasteiger charge is -2.22.